The molecule has 2 heterocycles. The fourth-order valence-corrected chi connectivity index (χ4v) is 3.50. The van der Waals surface area contributed by atoms with Gasteiger partial charge in [-0.15, -0.1) is 0 Å². The van der Waals surface area contributed by atoms with E-state index in [0.29, 0.717) is 17.1 Å². The van der Waals surface area contributed by atoms with Crippen molar-refractivity contribution in [2.24, 2.45) is 0 Å². The molecule has 29 heavy (non-hydrogen) atoms. The Bertz CT molecular complexity index is 1030. The number of H-pyrrole nitrogens is 1. The number of fused-ring (bicyclic) bond motifs is 1. The molecule has 4 rings (SSSR count). The van der Waals surface area contributed by atoms with Gasteiger partial charge < -0.3 is 10.1 Å². The molecule has 1 amide bonds. The third-order valence-corrected chi connectivity index (χ3v) is 4.85. The molecule has 1 aliphatic rings. The average Bonchev–Trinajstić information content (AvgIpc) is 3.10. The minimum atomic E-state index is -0.427. The van der Waals surface area contributed by atoms with Crippen molar-refractivity contribution in [3.63, 3.8) is 0 Å². The highest BCUT2D eigenvalue weighted by Crippen LogP contribution is 2.25. The average molecular weight is 390 g/mol. The van der Waals surface area contributed by atoms with Gasteiger partial charge in [-0.2, -0.15) is 5.10 Å². The Hall–Kier alpha value is -3.45. The van der Waals surface area contributed by atoms with E-state index in [9.17, 15) is 9.59 Å². The quantitative estimate of drug-likeness (QED) is 0.516. The molecule has 0 aliphatic carbocycles. The predicted molar refractivity (Wildman–Crippen MR) is 109 cm³/mol. The summed E-state index contributed by atoms with van der Waals surface area (Å²) >= 11 is 0. The van der Waals surface area contributed by atoms with Gasteiger partial charge >= 0.3 is 5.97 Å². The summed E-state index contributed by atoms with van der Waals surface area (Å²) in [6.45, 7) is 3.86. The normalized spacial score (nSPS) is 13.6. The van der Waals surface area contributed by atoms with Gasteiger partial charge in [0, 0.05) is 37.7 Å². The van der Waals surface area contributed by atoms with E-state index in [1.165, 1.54) is 18.6 Å². The van der Waals surface area contributed by atoms with Gasteiger partial charge in [-0.1, -0.05) is 36.4 Å². The Morgan fingerprint density at radius 1 is 1.17 bits per heavy atom. The van der Waals surface area contributed by atoms with Crippen LogP contribution in [0.5, 0.6) is 5.75 Å². The van der Waals surface area contributed by atoms with Crippen LogP contribution in [0.15, 0.2) is 54.6 Å². The lowest BCUT2D eigenvalue weighted by atomic mass is 10.1. The molecule has 0 saturated carbocycles. The van der Waals surface area contributed by atoms with Gasteiger partial charge in [0.2, 0.25) is 0 Å². The number of carbonyl (C=O) groups excluding carboxylic acids is 2. The number of hydrogen-bond acceptors (Lipinski definition) is 5. The van der Waals surface area contributed by atoms with Gasteiger partial charge in [0.05, 0.1) is 5.69 Å². The summed E-state index contributed by atoms with van der Waals surface area (Å²) < 4.78 is 5.05. The minimum absolute atomic E-state index is 0.292. The lowest BCUT2D eigenvalue weighted by molar-refractivity contribution is -0.131. The van der Waals surface area contributed by atoms with Crippen molar-refractivity contribution in [2.75, 3.05) is 11.9 Å². The Morgan fingerprint density at radius 2 is 2.00 bits per heavy atom. The second-order valence-electron chi connectivity index (χ2n) is 7.05. The molecule has 7 nitrogen and oxygen atoms in total. The number of nitrogens with one attached hydrogen (secondary N) is 2. The van der Waals surface area contributed by atoms with Crippen molar-refractivity contribution >= 4 is 17.7 Å². The van der Waals surface area contributed by atoms with Crippen LogP contribution >= 0.6 is 0 Å². The molecule has 2 N–H and O–H groups in total. The Balaban J connectivity index is 1.43. The summed E-state index contributed by atoms with van der Waals surface area (Å²) in [4.78, 5) is 26.1. The number of anilines is 1. The molecular formula is C22H22N4O3. The first-order chi connectivity index (χ1) is 14.1. The molecule has 0 saturated heterocycles. The summed E-state index contributed by atoms with van der Waals surface area (Å²) in [5.41, 5.74) is 3.74. The molecule has 0 atom stereocenters. The first kappa shape index (κ1) is 18.9. The zero-order valence-electron chi connectivity index (χ0n) is 16.1. The van der Waals surface area contributed by atoms with Crippen molar-refractivity contribution in [3.8, 4) is 5.75 Å². The summed E-state index contributed by atoms with van der Waals surface area (Å²) in [5.74, 6) is 0.178. The van der Waals surface area contributed by atoms with Crippen molar-refractivity contribution < 1.29 is 14.3 Å². The molecule has 0 unspecified atom stereocenters. The maximum atomic E-state index is 12.6. The van der Waals surface area contributed by atoms with E-state index in [-0.39, 0.29) is 5.91 Å². The van der Waals surface area contributed by atoms with Gasteiger partial charge in [0.25, 0.3) is 5.91 Å². The molecule has 0 fully saturated rings. The second-order valence-corrected chi connectivity index (χ2v) is 7.05. The number of aromatic amines is 1. The summed E-state index contributed by atoms with van der Waals surface area (Å²) in [6.07, 6.45) is 0.807. The summed E-state index contributed by atoms with van der Waals surface area (Å²) in [5, 5.41) is 10.2. The maximum absolute atomic E-state index is 12.6. The fraction of sp³-hybridized carbons (Fsp3) is 0.227. The maximum Gasteiger partial charge on any atom is 0.308 e. The van der Waals surface area contributed by atoms with E-state index in [0.717, 1.165) is 37.3 Å². The lowest BCUT2D eigenvalue weighted by Gasteiger charge is -2.26. The molecule has 1 aliphatic heterocycles. The molecule has 148 valence electrons. The van der Waals surface area contributed by atoms with Gasteiger partial charge in [-0.3, -0.25) is 19.6 Å². The molecule has 2 aromatic carbocycles. The molecule has 0 radical (unpaired) electrons. The van der Waals surface area contributed by atoms with Crippen LogP contribution in [0.3, 0.4) is 0 Å². The number of esters is 1. The van der Waals surface area contributed by atoms with Gasteiger partial charge in [-0.05, 0) is 30.2 Å². The van der Waals surface area contributed by atoms with E-state index in [1.54, 1.807) is 18.2 Å². The van der Waals surface area contributed by atoms with Crippen LogP contribution in [0, 0.1) is 0 Å². The van der Waals surface area contributed by atoms with E-state index in [1.807, 2.05) is 18.2 Å². The highest BCUT2D eigenvalue weighted by Gasteiger charge is 2.23. The molecule has 0 bridgehead atoms. The van der Waals surface area contributed by atoms with Crippen LogP contribution in [-0.4, -0.2) is 33.5 Å². The Kier molecular flexibility index (Phi) is 5.39. The van der Waals surface area contributed by atoms with Crippen LogP contribution in [-0.2, 0) is 24.3 Å². The molecule has 3 aromatic rings. The highest BCUT2D eigenvalue weighted by molar-refractivity contribution is 6.04. The largest absolute Gasteiger partial charge is 0.427 e. The van der Waals surface area contributed by atoms with Gasteiger partial charge in [0.1, 0.15) is 5.75 Å². The van der Waals surface area contributed by atoms with E-state index >= 15 is 0 Å². The first-order valence-electron chi connectivity index (χ1n) is 9.51. The minimum Gasteiger partial charge on any atom is -0.427 e. The summed E-state index contributed by atoms with van der Waals surface area (Å²) in [7, 11) is 0. The number of nitrogens with zero attached hydrogens (tertiary/aromatic N) is 2. The van der Waals surface area contributed by atoms with Crippen molar-refractivity contribution in [1.82, 2.24) is 15.1 Å². The van der Waals surface area contributed by atoms with Crippen LogP contribution in [0.1, 0.15) is 34.1 Å². The Morgan fingerprint density at radius 3 is 2.79 bits per heavy atom. The Labute approximate surface area is 168 Å². The number of ether oxygens (including phenoxy) is 1. The van der Waals surface area contributed by atoms with Crippen molar-refractivity contribution in [3.05, 3.63) is 77.0 Å². The van der Waals surface area contributed by atoms with Crippen LogP contribution in [0.2, 0.25) is 0 Å². The smallest absolute Gasteiger partial charge is 0.308 e. The third kappa shape index (κ3) is 4.52. The molecule has 7 heteroatoms. The van der Waals surface area contributed by atoms with E-state index < -0.39 is 5.97 Å². The van der Waals surface area contributed by atoms with E-state index in [4.69, 9.17) is 4.74 Å². The zero-order chi connectivity index (χ0) is 20.2. The van der Waals surface area contributed by atoms with Gasteiger partial charge in [-0.25, -0.2) is 0 Å². The number of aromatic nitrogens is 2. The lowest BCUT2D eigenvalue weighted by Crippen LogP contribution is -2.30. The van der Waals surface area contributed by atoms with Crippen LogP contribution < -0.4 is 10.1 Å². The standard InChI is InChI=1S/C22H22N4O3/c1-15(27)29-18-9-5-8-17(12-18)22(28)23-21-19-10-11-26(14-20(19)24-25-21)13-16-6-3-2-4-7-16/h2-9,12H,10-11,13-14H2,1H3,(H2,23,24,25,28). The van der Waals surface area contributed by atoms with Crippen LogP contribution in [0.4, 0.5) is 5.82 Å². The predicted octanol–water partition coefficient (Wildman–Crippen LogP) is 3.15. The number of rotatable bonds is 5. The summed E-state index contributed by atoms with van der Waals surface area (Å²) in [6, 6.07) is 16.9. The number of hydrogen-bond donors (Lipinski definition) is 2. The zero-order valence-corrected chi connectivity index (χ0v) is 16.1. The van der Waals surface area contributed by atoms with Gasteiger partial charge in [0.15, 0.2) is 5.82 Å². The molecular weight excluding hydrogens is 368 g/mol. The van der Waals surface area contributed by atoms with Crippen molar-refractivity contribution in [1.29, 1.82) is 0 Å². The fourth-order valence-electron chi connectivity index (χ4n) is 3.50. The third-order valence-electron chi connectivity index (χ3n) is 4.85. The SMILES string of the molecule is CC(=O)Oc1cccc(C(=O)Nc2n[nH]c3c2CCN(Cc2ccccc2)C3)c1. The highest BCUT2D eigenvalue weighted by atomic mass is 16.5. The van der Waals surface area contributed by atoms with Crippen molar-refractivity contribution in [2.45, 2.75) is 26.4 Å². The molecule has 0 spiro atoms. The number of amides is 1. The van der Waals surface area contributed by atoms with E-state index in [2.05, 4.69) is 32.5 Å². The topological polar surface area (TPSA) is 87.3 Å². The second kappa shape index (κ2) is 8.28. The van der Waals surface area contributed by atoms with Crippen LogP contribution in [0.25, 0.3) is 0 Å². The number of carbonyl (C=O) groups is 2. The number of benzene rings is 2. The first-order valence-corrected chi connectivity index (χ1v) is 9.51. The molecule has 1 aromatic heterocycles. The monoisotopic (exact) mass is 390 g/mol.